The summed E-state index contributed by atoms with van der Waals surface area (Å²) in [6, 6.07) is 3.61. The Hall–Kier alpha value is -1.35. The van der Waals surface area contributed by atoms with E-state index in [4.69, 9.17) is 11.6 Å². The van der Waals surface area contributed by atoms with Crippen LogP contribution < -0.4 is 5.32 Å². The first-order valence-electron chi connectivity index (χ1n) is 9.99. The van der Waals surface area contributed by atoms with Crippen molar-refractivity contribution >= 4 is 33.5 Å². The molecule has 2 saturated heterocycles. The Bertz CT molecular complexity index is 817. The van der Waals surface area contributed by atoms with Crippen molar-refractivity contribution in [2.75, 3.05) is 44.6 Å². The van der Waals surface area contributed by atoms with Crippen molar-refractivity contribution < 1.29 is 13.2 Å². The Morgan fingerprint density at radius 1 is 1.00 bits per heavy atom. The molecule has 0 aliphatic carbocycles. The molecule has 156 valence electrons. The third-order valence-corrected chi connectivity index (χ3v) is 7.94. The number of hydrogen-bond acceptors (Lipinski definition) is 3. The molecule has 2 amide bonds. The Balaban J connectivity index is 1.66. The second-order valence-electron chi connectivity index (χ2n) is 7.20. The topological polar surface area (TPSA) is 73.0 Å². The standard InChI is InChI=1S/C19H29ClN4O3S/c1-3-15-7-8-17(20)16(4-2)18(15)21-19(25)22-11-13-24(14-12-22)28(26,27)23-9-5-6-10-23/h7-8H,3-6,9-14H2,1-2H3,(H,21,25). The van der Waals surface area contributed by atoms with Crippen LogP contribution in [0.25, 0.3) is 0 Å². The average molecular weight is 429 g/mol. The van der Waals surface area contributed by atoms with Crippen LogP contribution in [0.5, 0.6) is 0 Å². The van der Waals surface area contributed by atoms with E-state index in [0.717, 1.165) is 42.5 Å². The molecule has 3 rings (SSSR count). The number of piperazine rings is 1. The van der Waals surface area contributed by atoms with Gasteiger partial charge in [-0.25, -0.2) is 4.79 Å². The van der Waals surface area contributed by atoms with Crippen molar-refractivity contribution in [3.63, 3.8) is 0 Å². The van der Waals surface area contributed by atoms with Crippen molar-refractivity contribution in [1.29, 1.82) is 0 Å². The van der Waals surface area contributed by atoms with E-state index in [9.17, 15) is 13.2 Å². The molecule has 28 heavy (non-hydrogen) atoms. The van der Waals surface area contributed by atoms with E-state index >= 15 is 0 Å². The van der Waals surface area contributed by atoms with Crippen molar-refractivity contribution in [3.05, 3.63) is 28.3 Å². The van der Waals surface area contributed by atoms with Gasteiger partial charge >= 0.3 is 6.03 Å². The molecule has 1 aromatic carbocycles. The van der Waals surface area contributed by atoms with Crippen LogP contribution in [-0.2, 0) is 23.1 Å². The molecule has 2 heterocycles. The summed E-state index contributed by atoms with van der Waals surface area (Å²) in [6.45, 7) is 6.64. The largest absolute Gasteiger partial charge is 0.322 e. The van der Waals surface area contributed by atoms with Gasteiger partial charge in [0.25, 0.3) is 10.2 Å². The van der Waals surface area contributed by atoms with Gasteiger partial charge in [0.2, 0.25) is 0 Å². The predicted octanol–water partition coefficient (Wildman–Crippen LogP) is 2.95. The molecule has 0 saturated carbocycles. The summed E-state index contributed by atoms with van der Waals surface area (Å²) < 4.78 is 28.4. The molecule has 0 radical (unpaired) electrons. The number of carbonyl (C=O) groups excluding carboxylic acids is 1. The highest BCUT2D eigenvalue weighted by Gasteiger charge is 2.34. The maximum atomic E-state index is 12.8. The molecule has 2 aliphatic rings. The van der Waals surface area contributed by atoms with Crippen molar-refractivity contribution in [2.45, 2.75) is 39.5 Å². The van der Waals surface area contributed by atoms with Gasteiger partial charge < -0.3 is 10.2 Å². The van der Waals surface area contributed by atoms with E-state index in [1.54, 1.807) is 9.21 Å². The first-order chi connectivity index (χ1) is 13.4. The number of nitrogens with one attached hydrogen (secondary N) is 1. The molecule has 7 nitrogen and oxygen atoms in total. The monoisotopic (exact) mass is 428 g/mol. The van der Waals surface area contributed by atoms with Crippen LogP contribution in [0.3, 0.4) is 0 Å². The molecule has 0 bridgehead atoms. The smallest absolute Gasteiger partial charge is 0.321 e. The Kier molecular flexibility index (Phi) is 6.85. The zero-order valence-corrected chi connectivity index (χ0v) is 18.2. The van der Waals surface area contributed by atoms with Crippen LogP contribution in [0.2, 0.25) is 5.02 Å². The fourth-order valence-corrected chi connectivity index (χ4v) is 5.82. The molecule has 2 aliphatic heterocycles. The molecule has 0 atom stereocenters. The van der Waals surface area contributed by atoms with E-state index in [2.05, 4.69) is 5.32 Å². The van der Waals surface area contributed by atoms with Gasteiger partial charge in [-0.15, -0.1) is 0 Å². The average Bonchev–Trinajstić information content (AvgIpc) is 3.24. The molecular weight excluding hydrogens is 400 g/mol. The van der Waals surface area contributed by atoms with Gasteiger partial charge in [-0.2, -0.15) is 17.0 Å². The number of urea groups is 1. The van der Waals surface area contributed by atoms with Crippen molar-refractivity contribution in [1.82, 2.24) is 13.5 Å². The Labute approximate surface area is 172 Å². The zero-order valence-electron chi connectivity index (χ0n) is 16.6. The minimum atomic E-state index is -3.41. The highest BCUT2D eigenvalue weighted by Crippen LogP contribution is 2.30. The number of carbonyl (C=O) groups is 1. The summed E-state index contributed by atoms with van der Waals surface area (Å²) in [7, 11) is -3.41. The van der Waals surface area contributed by atoms with Crippen LogP contribution in [0, 0.1) is 0 Å². The van der Waals surface area contributed by atoms with Crippen LogP contribution in [0.4, 0.5) is 10.5 Å². The minimum absolute atomic E-state index is 0.204. The van der Waals surface area contributed by atoms with Gasteiger partial charge in [0.05, 0.1) is 5.69 Å². The lowest BCUT2D eigenvalue weighted by Gasteiger charge is -2.36. The van der Waals surface area contributed by atoms with Gasteiger partial charge in [0.1, 0.15) is 0 Å². The number of rotatable bonds is 5. The molecular formula is C19H29ClN4O3S. The maximum absolute atomic E-state index is 12.8. The van der Waals surface area contributed by atoms with E-state index in [0.29, 0.717) is 44.3 Å². The Morgan fingerprint density at radius 3 is 2.18 bits per heavy atom. The number of hydrogen-bond donors (Lipinski definition) is 1. The van der Waals surface area contributed by atoms with Crippen molar-refractivity contribution in [3.8, 4) is 0 Å². The summed E-state index contributed by atoms with van der Waals surface area (Å²) >= 11 is 6.32. The number of amides is 2. The third-order valence-electron chi connectivity index (χ3n) is 5.55. The van der Waals surface area contributed by atoms with Crippen LogP contribution in [0.15, 0.2) is 12.1 Å². The van der Waals surface area contributed by atoms with Crippen LogP contribution in [-0.4, -0.2) is 67.2 Å². The van der Waals surface area contributed by atoms with Crippen LogP contribution >= 0.6 is 11.6 Å². The lowest BCUT2D eigenvalue weighted by Crippen LogP contribution is -2.54. The van der Waals surface area contributed by atoms with Gasteiger partial charge in [0, 0.05) is 44.3 Å². The second-order valence-corrected chi connectivity index (χ2v) is 9.53. The molecule has 2 fully saturated rings. The summed E-state index contributed by atoms with van der Waals surface area (Å²) in [5.74, 6) is 0. The summed E-state index contributed by atoms with van der Waals surface area (Å²) in [4.78, 5) is 14.5. The highest BCUT2D eigenvalue weighted by atomic mass is 35.5. The van der Waals surface area contributed by atoms with Gasteiger partial charge in [-0.1, -0.05) is 31.5 Å². The van der Waals surface area contributed by atoms with Crippen LogP contribution in [0.1, 0.15) is 37.8 Å². The lowest BCUT2D eigenvalue weighted by molar-refractivity contribution is 0.181. The fourth-order valence-electron chi connectivity index (χ4n) is 3.86. The number of aryl methyl sites for hydroxylation is 1. The van der Waals surface area contributed by atoms with Gasteiger partial charge in [0.15, 0.2) is 0 Å². The number of benzene rings is 1. The fraction of sp³-hybridized carbons (Fsp3) is 0.632. The normalized spacial score (nSPS) is 19.2. The first kappa shape index (κ1) is 21.4. The van der Waals surface area contributed by atoms with E-state index in [1.165, 1.54) is 4.31 Å². The number of halogens is 1. The molecule has 1 aromatic rings. The van der Waals surface area contributed by atoms with Gasteiger partial charge in [-0.3, -0.25) is 0 Å². The third kappa shape index (κ3) is 4.30. The summed E-state index contributed by atoms with van der Waals surface area (Å²) in [6.07, 6.45) is 3.35. The van der Waals surface area contributed by atoms with E-state index < -0.39 is 10.2 Å². The predicted molar refractivity (Wildman–Crippen MR) is 112 cm³/mol. The molecule has 0 unspecified atom stereocenters. The molecule has 0 spiro atoms. The molecule has 9 heteroatoms. The summed E-state index contributed by atoms with van der Waals surface area (Å²) in [5.41, 5.74) is 2.77. The molecule has 0 aromatic heterocycles. The van der Waals surface area contributed by atoms with Gasteiger partial charge in [-0.05, 0) is 42.9 Å². The summed E-state index contributed by atoms with van der Waals surface area (Å²) in [5, 5.41) is 3.67. The first-order valence-corrected chi connectivity index (χ1v) is 11.8. The number of nitrogens with zero attached hydrogens (tertiary/aromatic N) is 3. The second kappa shape index (κ2) is 8.98. The minimum Gasteiger partial charge on any atom is -0.322 e. The number of anilines is 1. The van der Waals surface area contributed by atoms with E-state index in [-0.39, 0.29) is 6.03 Å². The Morgan fingerprint density at radius 2 is 1.61 bits per heavy atom. The quantitative estimate of drug-likeness (QED) is 0.783. The van der Waals surface area contributed by atoms with Crippen molar-refractivity contribution in [2.24, 2.45) is 0 Å². The molecule has 1 N–H and O–H groups in total. The zero-order chi connectivity index (χ0) is 20.3. The SMILES string of the molecule is CCc1ccc(Cl)c(CC)c1NC(=O)N1CCN(S(=O)(=O)N2CCCC2)CC1. The maximum Gasteiger partial charge on any atom is 0.321 e. The van der Waals surface area contributed by atoms with E-state index in [1.807, 2.05) is 26.0 Å². The highest BCUT2D eigenvalue weighted by molar-refractivity contribution is 7.86. The lowest BCUT2D eigenvalue weighted by atomic mass is 10.0.